The predicted octanol–water partition coefficient (Wildman–Crippen LogP) is 0.818. The molecule has 4 rings (SSSR count). The molecular weight excluding hydrogens is 280 g/mol. The Balaban J connectivity index is 1.71. The molecule has 0 radical (unpaired) electrons. The molecule has 2 N–H and O–H groups in total. The normalized spacial score (nSPS) is 25.8. The number of carbonyl (C=O) groups is 2. The van der Waals surface area contributed by atoms with Gasteiger partial charge in [-0.3, -0.25) is 9.59 Å². The van der Waals surface area contributed by atoms with Crippen LogP contribution in [0.1, 0.15) is 16.8 Å². The van der Waals surface area contributed by atoms with Gasteiger partial charge in [0.15, 0.2) is 0 Å². The van der Waals surface area contributed by atoms with Gasteiger partial charge in [0.05, 0.1) is 11.3 Å². The quantitative estimate of drug-likeness (QED) is 0.910. The summed E-state index contributed by atoms with van der Waals surface area (Å²) in [6.07, 6.45) is 4.45. The zero-order chi connectivity index (χ0) is 15.3. The Bertz CT molecular complexity index is 740. The summed E-state index contributed by atoms with van der Waals surface area (Å²) in [7, 11) is 0. The van der Waals surface area contributed by atoms with Gasteiger partial charge in [0.2, 0.25) is 5.91 Å². The van der Waals surface area contributed by atoms with E-state index in [0.717, 1.165) is 6.42 Å². The summed E-state index contributed by atoms with van der Waals surface area (Å²) in [5.74, 6) is 0.119. The van der Waals surface area contributed by atoms with E-state index in [1.807, 2.05) is 18.2 Å². The number of amides is 2. The van der Waals surface area contributed by atoms with Gasteiger partial charge >= 0.3 is 0 Å². The van der Waals surface area contributed by atoms with E-state index in [4.69, 9.17) is 5.73 Å². The molecule has 1 saturated carbocycles. The molecule has 2 aromatic rings. The Kier molecular flexibility index (Phi) is 2.79. The monoisotopic (exact) mass is 296 g/mol. The van der Waals surface area contributed by atoms with Crippen molar-refractivity contribution in [1.29, 1.82) is 0 Å². The number of likely N-dealkylation sites (tertiary alicyclic amines) is 1. The molecule has 2 aliphatic rings. The lowest BCUT2D eigenvalue weighted by atomic mass is 10.1. The average molecular weight is 296 g/mol. The second-order valence-electron chi connectivity index (χ2n) is 5.93. The van der Waals surface area contributed by atoms with Crippen LogP contribution >= 0.6 is 0 Å². The zero-order valence-corrected chi connectivity index (χ0v) is 11.9. The van der Waals surface area contributed by atoms with E-state index >= 15 is 0 Å². The van der Waals surface area contributed by atoms with Crippen molar-refractivity contribution in [3.8, 4) is 5.69 Å². The van der Waals surface area contributed by atoms with Gasteiger partial charge in [0.1, 0.15) is 6.04 Å². The van der Waals surface area contributed by atoms with Crippen molar-refractivity contribution in [2.75, 3.05) is 6.54 Å². The van der Waals surface area contributed by atoms with Crippen LogP contribution < -0.4 is 5.73 Å². The summed E-state index contributed by atoms with van der Waals surface area (Å²) in [6.45, 7) is 0.616. The van der Waals surface area contributed by atoms with Crippen molar-refractivity contribution in [3.63, 3.8) is 0 Å². The van der Waals surface area contributed by atoms with Gasteiger partial charge in [0.25, 0.3) is 5.91 Å². The van der Waals surface area contributed by atoms with Crippen LogP contribution in [-0.2, 0) is 4.79 Å². The topological polar surface area (TPSA) is 81.2 Å². The molecular formula is C16H16N4O2. The number of primary amides is 1. The minimum absolute atomic E-state index is 0.151. The summed E-state index contributed by atoms with van der Waals surface area (Å²) in [6, 6.07) is 8.62. The van der Waals surface area contributed by atoms with Crippen molar-refractivity contribution >= 4 is 11.8 Å². The number of hydrogen-bond acceptors (Lipinski definition) is 3. The average Bonchev–Trinajstić information content (AvgIpc) is 2.95. The number of para-hydroxylation sites is 1. The number of aromatic nitrogens is 2. The van der Waals surface area contributed by atoms with Gasteiger partial charge in [-0.1, -0.05) is 12.1 Å². The Labute approximate surface area is 127 Å². The highest BCUT2D eigenvalue weighted by Crippen LogP contribution is 2.49. The summed E-state index contributed by atoms with van der Waals surface area (Å²) >= 11 is 0. The number of nitrogens with two attached hydrogens (primary N) is 1. The number of nitrogens with zero attached hydrogens (tertiary/aromatic N) is 3. The number of carbonyl (C=O) groups excluding carboxylic acids is 2. The molecule has 0 spiro atoms. The molecule has 2 fully saturated rings. The van der Waals surface area contributed by atoms with E-state index in [1.165, 1.54) is 0 Å². The lowest BCUT2D eigenvalue weighted by molar-refractivity contribution is -0.122. The lowest BCUT2D eigenvalue weighted by Gasteiger charge is -2.26. The van der Waals surface area contributed by atoms with E-state index < -0.39 is 11.9 Å². The van der Waals surface area contributed by atoms with Gasteiger partial charge in [-0.05, 0) is 36.5 Å². The number of benzene rings is 1. The van der Waals surface area contributed by atoms with Gasteiger partial charge < -0.3 is 10.6 Å². The zero-order valence-electron chi connectivity index (χ0n) is 11.9. The summed E-state index contributed by atoms with van der Waals surface area (Å²) in [5, 5.41) is 4.19. The first kappa shape index (κ1) is 13.1. The smallest absolute Gasteiger partial charge is 0.256 e. The standard InChI is InChI=1S/C16H16N4O2/c17-15(21)14-12-8-10(12)9-19(14)16(22)11-4-1-2-5-13(11)20-7-3-6-18-20/h1-7,10,12,14H,8-9H2,(H2,17,21)/t10-,12-,14+/m1/s1. The molecule has 0 bridgehead atoms. The van der Waals surface area contributed by atoms with Gasteiger partial charge in [-0.2, -0.15) is 5.10 Å². The Hall–Kier alpha value is -2.63. The first-order valence-corrected chi connectivity index (χ1v) is 7.36. The van der Waals surface area contributed by atoms with Gasteiger partial charge in [-0.15, -0.1) is 0 Å². The molecule has 2 heterocycles. The lowest BCUT2D eigenvalue weighted by Crippen LogP contribution is -2.46. The number of rotatable bonds is 3. The third-order valence-corrected chi connectivity index (χ3v) is 4.59. The maximum atomic E-state index is 12.9. The highest BCUT2D eigenvalue weighted by atomic mass is 16.2. The highest BCUT2D eigenvalue weighted by Gasteiger charge is 2.56. The third kappa shape index (κ3) is 1.91. The van der Waals surface area contributed by atoms with Gasteiger partial charge in [0, 0.05) is 18.9 Å². The van der Waals surface area contributed by atoms with Crippen molar-refractivity contribution in [1.82, 2.24) is 14.7 Å². The molecule has 1 aromatic heterocycles. The number of fused-ring (bicyclic) bond motifs is 1. The summed E-state index contributed by atoms with van der Waals surface area (Å²) in [4.78, 5) is 26.3. The van der Waals surface area contributed by atoms with Crippen LogP contribution in [0.15, 0.2) is 42.7 Å². The first-order chi connectivity index (χ1) is 10.7. The third-order valence-electron chi connectivity index (χ3n) is 4.59. The Morgan fingerprint density at radius 1 is 1.23 bits per heavy atom. The van der Waals surface area contributed by atoms with Crippen molar-refractivity contribution in [2.24, 2.45) is 17.6 Å². The van der Waals surface area contributed by atoms with Crippen LogP contribution in [0.5, 0.6) is 0 Å². The molecule has 0 unspecified atom stereocenters. The first-order valence-electron chi connectivity index (χ1n) is 7.36. The van der Waals surface area contributed by atoms with Crippen LogP contribution in [0, 0.1) is 11.8 Å². The van der Waals surface area contributed by atoms with Crippen molar-refractivity contribution in [2.45, 2.75) is 12.5 Å². The van der Waals surface area contributed by atoms with Crippen molar-refractivity contribution in [3.05, 3.63) is 48.3 Å². The van der Waals surface area contributed by atoms with E-state index in [9.17, 15) is 9.59 Å². The molecule has 1 saturated heterocycles. The number of piperidine rings is 1. The van der Waals surface area contributed by atoms with Crippen LogP contribution in [0.2, 0.25) is 0 Å². The fourth-order valence-electron chi connectivity index (χ4n) is 3.46. The van der Waals surface area contributed by atoms with E-state index in [2.05, 4.69) is 5.10 Å². The fraction of sp³-hybridized carbons (Fsp3) is 0.312. The fourth-order valence-corrected chi connectivity index (χ4v) is 3.46. The molecule has 2 amide bonds. The van der Waals surface area contributed by atoms with E-state index in [-0.39, 0.29) is 11.8 Å². The molecule has 6 nitrogen and oxygen atoms in total. The van der Waals surface area contributed by atoms with Crippen LogP contribution in [-0.4, -0.2) is 39.1 Å². The number of hydrogen-bond donors (Lipinski definition) is 1. The van der Waals surface area contributed by atoms with Gasteiger partial charge in [-0.25, -0.2) is 4.68 Å². The minimum atomic E-state index is -0.469. The summed E-state index contributed by atoms with van der Waals surface area (Å²) < 4.78 is 1.66. The maximum absolute atomic E-state index is 12.9. The largest absolute Gasteiger partial charge is 0.368 e. The second kappa shape index (κ2) is 4.69. The predicted molar refractivity (Wildman–Crippen MR) is 79.2 cm³/mol. The molecule has 112 valence electrons. The molecule has 6 heteroatoms. The van der Waals surface area contributed by atoms with E-state index in [0.29, 0.717) is 23.7 Å². The van der Waals surface area contributed by atoms with Crippen LogP contribution in [0.25, 0.3) is 5.69 Å². The second-order valence-corrected chi connectivity index (χ2v) is 5.93. The summed E-state index contributed by atoms with van der Waals surface area (Å²) in [5.41, 5.74) is 6.75. The molecule has 1 aromatic carbocycles. The SMILES string of the molecule is NC(=O)[C@@H]1[C@@H]2C[C@@H]2CN1C(=O)c1ccccc1-n1cccn1. The minimum Gasteiger partial charge on any atom is -0.368 e. The highest BCUT2D eigenvalue weighted by molar-refractivity contribution is 6.00. The maximum Gasteiger partial charge on any atom is 0.256 e. The molecule has 1 aliphatic heterocycles. The molecule has 22 heavy (non-hydrogen) atoms. The van der Waals surface area contributed by atoms with Crippen LogP contribution in [0.3, 0.4) is 0 Å². The molecule has 3 atom stereocenters. The molecule has 1 aliphatic carbocycles. The Morgan fingerprint density at radius 2 is 2.05 bits per heavy atom. The van der Waals surface area contributed by atoms with E-state index in [1.54, 1.807) is 34.1 Å². The van der Waals surface area contributed by atoms with Crippen LogP contribution in [0.4, 0.5) is 0 Å². The Morgan fingerprint density at radius 3 is 2.77 bits per heavy atom. The van der Waals surface area contributed by atoms with Crippen molar-refractivity contribution < 1.29 is 9.59 Å².